The molecular weight excluding hydrogens is 260 g/mol. The van der Waals surface area contributed by atoms with Crippen LogP contribution in [0.1, 0.15) is 71.6 Å². The first-order valence-corrected chi connectivity index (χ1v) is 9.19. The van der Waals surface area contributed by atoms with Crippen molar-refractivity contribution in [1.82, 2.24) is 0 Å². The third-order valence-electron chi connectivity index (χ3n) is 8.40. The second kappa shape index (κ2) is 4.57. The number of carbonyl (C=O) groups is 1. The van der Waals surface area contributed by atoms with Crippen molar-refractivity contribution in [2.45, 2.75) is 77.7 Å². The van der Waals surface area contributed by atoms with Crippen molar-refractivity contribution in [2.75, 3.05) is 0 Å². The van der Waals surface area contributed by atoms with Crippen LogP contribution in [0.5, 0.6) is 0 Å². The number of hydrogen-bond donors (Lipinski definition) is 1. The van der Waals surface area contributed by atoms with E-state index in [9.17, 15) is 9.90 Å². The third kappa shape index (κ3) is 1.72. The molecule has 0 unspecified atom stereocenters. The van der Waals surface area contributed by atoms with Crippen molar-refractivity contribution in [2.24, 2.45) is 34.5 Å². The van der Waals surface area contributed by atoms with Gasteiger partial charge >= 0.3 is 0 Å². The normalized spacial score (nSPS) is 56.5. The summed E-state index contributed by atoms with van der Waals surface area (Å²) < 4.78 is 0. The summed E-state index contributed by atoms with van der Waals surface area (Å²) in [6.07, 6.45) is 10.4. The lowest BCUT2D eigenvalue weighted by Gasteiger charge is -2.60. The van der Waals surface area contributed by atoms with Gasteiger partial charge in [0.25, 0.3) is 0 Å². The van der Waals surface area contributed by atoms with Crippen LogP contribution in [0.4, 0.5) is 0 Å². The molecule has 4 rings (SSSR count). The third-order valence-corrected chi connectivity index (χ3v) is 8.40. The summed E-state index contributed by atoms with van der Waals surface area (Å²) in [6, 6.07) is 0. The van der Waals surface area contributed by atoms with E-state index in [1.807, 2.05) is 0 Å². The fourth-order valence-electron chi connectivity index (χ4n) is 7.04. The number of fused-ring (bicyclic) bond motifs is 5. The molecule has 1 N–H and O–H groups in total. The van der Waals surface area contributed by atoms with E-state index in [0.29, 0.717) is 35.4 Å². The van der Waals surface area contributed by atoms with Gasteiger partial charge in [0.15, 0.2) is 0 Å². The molecule has 0 aliphatic heterocycles. The monoisotopic (exact) mass is 290 g/mol. The highest BCUT2D eigenvalue weighted by molar-refractivity contribution is 5.87. The number of ketones is 1. The van der Waals surface area contributed by atoms with Crippen LogP contribution in [0, 0.1) is 34.5 Å². The van der Waals surface area contributed by atoms with Crippen molar-refractivity contribution in [3.8, 4) is 0 Å². The summed E-state index contributed by atoms with van der Waals surface area (Å²) >= 11 is 0. The van der Waals surface area contributed by atoms with Crippen molar-refractivity contribution < 1.29 is 9.90 Å². The molecule has 0 aromatic carbocycles. The Morgan fingerprint density at radius 2 is 1.86 bits per heavy atom. The highest BCUT2D eigenvalue weighted by Crippen LogP contribution is 2.65. The van der Waals surface area contributed by atoms with Gasteiger partial charge in [0, 0.05) is 6.42 Å². The number of aliphatic hydroxyl groups excluding tert-OH is 1. The van der Waals surface area contributed by atoms with Gasteiger partial charge in [-0.2, -0.15) is 0 Å². The zero-order valence-corrected chi connectivity index (χ0v) is 13.6. The molecule has 4 saturated carbocycles. The van der Waals surface area contributed by atoms with Gasteiger partial charge < -0.3 is 5.11 Å². The van der Waals surface area contributed by atoms with E-state index in [1.54, 1.807) is 0 Å². The molecule has 0 radical (unpaired) electrons. The van der Waals surface area contributed by atoms with Gasteiger partial charge in [-0.05, 0) is 74.5 Å². The second-order valence-electron chi connectivity index (χ2n) is 8.90. The van der Waals surface area contributed by atoms with E-state index >= 15 is 0 Å². The number of carbonyl (C=O) groups excluding carboxylic acids is 1. The molecule has 0 aromatic rings. The Morgan fingerprint density at radius 1 is 1.05 bits per heavy atom. The van der Waals surface area contributed by atoms with E-state index < -0.39 is 11.5 Å². The Labute approximate surface area is 128 Å². The van der Waals surface area contributed by atoms with Crippen molar-refractivity contribution in [3.05, 3.63) is 0 Å². The lowest BCUT2D eigenvalue weighted by atomic mass is 9.45. The number of hydrogen-bond acceptors (Lipinski definition) is 2. The van der Waals surface area contributed by atoms with Gasteiger partial charge in [0.2, 0.25) is 0 Å². The van der Waals surface area contributed by atoms with Crippen LogP contribution in [0.25, 0.3) is 0 Å². The molecule has 118 valence electrons. The average molecular weight is 290 g/mol. The van der Waals surface area contributed by atoms with Crippen molar-refractivity contribution in [3.63, 3.8) is 0 Å². The quantitative estimate of drug-likeness (QED) is 0.733. The zero-order valence-electron chi connectivity index (χ0n) is 13.6. The van der Waals surface area contributed by atoms with Gasteiger partial charge in [-0.25, -0.2) is 0 Å². The molecule has 0 aromatic heterocycles. The topological polar surface area (TPSA) is 37.3 Å². The minimum Gasteiger partial charge on any atom is -0.392 e. The van der Waals surface area contributed by atoms with Crippen LogP contribution >= 0.6 is 0 Å². The predicted molar refractivity (Wildman–Crippen MR) is 82.7 cm³/mol. The maximum atomic E-state index is 12.4. The molecule has 21 heavy (non-hydrogen) atoms. The maximum absolute atomic E-state index is 12.4. The van der Waals surface area contributed by atoms with Crippen LogP contribution in [0.3, 0.4) is 0 Å². The van der Waals surface area contributed by atoms with Crippen LogP contribution in [0.15, 0.2) is 0 Å². The fraction of sp³-hybridized carbons (Fsp3) is 0.947. The summed E-state index contributed by atoms with van der Waals surface area (Å²) in [7, 11) is 0. The lowest BCUT2D eigenvalue weighted by Crippen LogP contribution is -2.57. The minimum atomic E-state index is -0.418. The summed E-state index contributed by atoms with van der Waals surface area (Å²) in [6.45, 7) is 4.59. The van der Waals surface area contributed by atoms with Crippen molar-refractivity contribution in [1.29, 1.82) is 0 Å². The summed E-state index contributed by atoms with van der Waals surface area (Å²) in [4.78, 5) is 12.4. The Hall–Kier alpha value is -0.370. The molecule has 2 nitrogen and oxygen atoms in total. The first kappa shape index (κ1) is 14.2. The van der Waals surface area contributed by atoms with E-state index in [4.69, 9.17) is 0 Å². The molecule has 0 amide bonds. The molecule has 0 saturated heterocycles. The largest absolute Gasteiger partial charge is 0.392 e. The molecule has 0 bridgehead atoms. The Morgan fingerprint density at radius 3 is 2.67 bits per heavy atom. The smallest absolute Gasteiger partial charge is 0.141 e. The van der Waals surface area contributed by atoms with Gasteiger partial charge in [-0.1, -0.05) is 19.8 Å². The molecule has 0 spiro atoms. The van der Waals surface area contributed by atoms with Crippen LogP contribution in [-0.2, 0) is 4.79 Å². The van der Waals surface area contributed by atoms with E-state index in [2.05, 4.69) is 13.8 Å². The molecular formula is C19H30O2. The molecule has 4 aliphatic rings. The summed E-state index contributed by atoms with van der Waals surface area (Å²) in [5.41, 5.74) is 0.0220. The van der Waals surface area contributed by atoms with E-state index in [0.717, 1.165) is 18.8 Å². The number of rotatable bonds is 0. The first-order valence-electron chi connectivity index (χ1n) is 9.19. The van der Waals surface area contributed by atoms with Gasteiger partial charge in [0.05, 0.1) is 11.5 Å². The van der Waals surface area contributed by atoms with Crippen LogP contribution in [-0.4, -0.2) is 17.0 Å². The minimum absolute atomic E-state index is 0.342. The first-order chi connectivity index (χ1) is 9.98. The molecule has 2 heteroatoms. The fourth-order valence-corrected chi connectivity index (χ4v) is 7.04. The number of aliphatic hydroxyl groups is 1. The summed E-state index contributed by atoms with van der Waals surface area (Å²) in [5.74, 6) is 3.04. The zero-order chi connectivity index (χ0) is 14.8. The SMILES string of the molecule is C[C@]12CCCC[C@@H]1CC[C@@H]1[C@@H]2C[C@@H](O)[C@]2(C)C(=O)CC[C@@H]12. The Bertz CT molecular complexity index is 458. The molecule has 0 heterocycles. The Kier molecular flexibility index (Phi) is 3.10. The molecule has 4 fully saturated rings. The lowest BCUT2D eigenvalue weighted by molar-refractivity contribution is -0.164. The van der Waals surface area contributed by atoms with E-state index in [-0.39, 0.29) is 0 Å². The van der Waals surface area contributed by atoms with Gasteiger partial charge in [0.1, 0.15) is 5.78 Å². The second-order valence-corrected chi connectivity index (χ2v) is 8.90. The molecule has 7 atom stereocenters. The highest BCUT2D eigenvalue weighted by atomic mass is 16.3. The van der Waals surface area contributed by atoms with Gasteiger partial charge in [-0.3, -0.25) is 4.79 Å². The van der Waals surface area contributed by atoms with E-state index in [1.165, 1.54) is 38.5 Å². The summed E-state index contributed by atoms with van der Waals surface area (Å²) in [5, 5.41) is 10.8. The predicted octanol–water partition coefficient (Wildman–Crippen LogP) is 3.96. The van der Waals surface area contributed by atoms with Crippen LogP contribution < -0.4 is 0 Å². The number of Topliss-reactive ketones (excluding diaryl/α,β-unsaturated/α-hetero) is 1. The standard InChI is InChI=1S/C19H30O2/c1-18-10-4-3-5-12(18)6-7-13-14-8-9-16(20)19(14,2)17(21)11-15(13)18/h12-15,17,21H,3-11H2,1-2H3/t12-,13+,14+,15+,17-,18+,19+/m1/s1. The van der Waals surface area contributed by atoms with Crippen molar-refractivity contribution >= 4 is 5.78 Å². The Balaban J connectivity index is 1.70. The van der Waals surface area contributed by atoms with Crippen LogP contribution in [0.2, 0.25) is 0 Å². The molecule has 4 aliphatic carbocycles. The van der Waals surface area contributed by atoms with Gasteiger partial charge in [-0.15, -0.1) is 0 Å². The average Bonchev–Trinajstić information content (AvgIpc) is 2.77. The highest BCUT2D eigenvalue weighted by Gasteiger charge is 2.62. The maximum Gasteiger partial charge on any atom is 0.141 e.